The summed E-state index contributed by atoms with van der Waals surface area (Å²) in [4.78, 5) is 33.7. The van der Waals surface area contributed by atoms with E-state index in [0.717, 1.165) is 6.92 Å². The van der Waals surface area contributed by atoms with Crippen molar-refractivity contribution in [2.24, 2.45) is 0 Å². The quantitative estimate of drug-likeness (QED) is 0.439. The van der Waals surface area contributed by atoms with Gasteiger partial charge in [-0.25, -0.2) is 28.6 Å². The van der Waals surface area contributed by atoms with Crippen molar-refractivity contribution >= 4 is 30.7 Å². The highest BCUT2D eigenvalue weighted by Gasteiger charge is 2.50. The van der Waals surface area contributed by atoms with E-state index in [-0.39, 0.29) is 43.3 Å². The molecule has 4 rings (SSSR count). The lowest BCUT2D eigenvalue weighted by Gasteiger charge is -2.30. The van der Waals surface area contributed by atoms with Crippen molar-refractivity contribution in [3.63, 3.8) is 0 Å². The smallest absolute Gasteiger partial charge is 0.405 e. The lowest BCUT2D eigenvalue weighted by molar-refractivity contribution is -0.152. The molecule has 0 bridgehead atoms. The third-order valence-corrected chi connectivity index (χ3v) is 6.58. The maximum Gasteiger partial charge on any atom is 0.405 e. The number of aromatic nitrogens is 4. The Labute approximate surface area is 175 Å². The van der Waals surface area contributed by atoms with Crippen LogP contribution >= 0.6 is 7.75 Å². The lowest BCUT2D eigenvalue weighted by atomic mass is 10.1. The number of nitrogens with zero attached hydrogens (tertiary/aromatic N) is 5. The number of morpholine rings is 1. The highest BCUT2D eigenvalue weighted by atomic mass is 31.2. The molecule has 0 amide bonds. The summed E-state index contributed by atoms with van der Waals surface area (Å²) in [5.41, 5.74) is 6.25. The van der Waals surface area contributed by atoms with E-state index in [9.17, 15) is 14.3 Å². The average Bonchev–Trinajstić information content (AvgIpc) is 3.30. The molecule has 3 N–H and O–H groups in total. The number of carbonyl (C=O) groups excluding carboxylic acids is 1. The summed E-state index contributed by atoms with van der Waals surface area (Å²) in [5.74, 6) is -0.621. The maximum absolute atomic E-state index is 15.3. The number of ether oxygens (including phenoxy) is 3. The molecule has 2 aliphatic rings. The molecule has 15 heteroatoms. The minimum atomic E-state index is -4.17. The first-order chi connectivity index (χ1) is 14.8. The van der Waals surface area contributed by atoms with Crippen LogP contribution in [0.4, 0.5) is 10.2 Å². The topological polar surface area (TPSA) is 164 Å². The van der Waals surface area contributed by atoms with E-state index in [1.807, 2.05) is 0 Å². The van der Waals surface area contributed by atoms with E-state index < -0.39 is 44.9 Å². The predicted octanol–water partition coefficient (Wildman–Crippen LogP) is 0.0249. The summed E-state index contributed by atoms with van der Waals surface area (Å²) in [6.07, 6.45) is -3.14. The third-order valence-electron chi connectivity index (χ3n) is 4.98. The van der Waals surface area contributed by atoms with Crippen molar-refractivity contribution in [1.82, 2.24) is 24.2 Å². The summed E-state index contributed by atoms with van der Waals surface area (Å²) in [6.45, 7) is 1.65. The number of nitrogens with two attached hydrogens (primary N) is 1. The highest BCUT2D eigenvalue weighted by molar-refractivity contribution is 7.50. The van der Waals surface area contributed by atoms with Crippen LogP contribution in [-0.4, -0.2) is 86.3 Å². The predicted molar refractivity (Wildman–Crippen MR) is 102 cm³/mol. The molecule has 0 aromatic carbocycles. The molecule has 2 fully saturated rings. The molecular weight excluding hydrogens is 438 g/mol. The van der Waals surface area contributed by atoms with Crippen molar-refractivity contribution in [2.75, 3.05) is 38.6 Å². The summed E-state index contributed by atoms with van der Waals surface area (Å²) in [6, 6.07) is 0. The van der Waals surface area contributed by atoms with Crippen molar-refractivity contribution in [3.8, 4) is 0 Å². The van der Waals surface area contributed by atoms with Gasteiger partial charge in [-0.15, -0.1) is 0 Å². The molecule has 170 valence electrons. The first kappa shape index (κ1) is 22.0. The van der Waals surface area contributed by atoms with Crippen LogP contribution in [0.3, 0.4) is 0 Å². The summed E-state index contributed by atoms with van der Waals surface area (Å²) < 4.78 is 51.6. The highest BCUT2D eigenvalue weighted by Crippen LogP contribution is 2.47. The van der Waals surface area contributed by atoms with Gasteiger partial charge in [-0.3, -0.25) is 13.9 Å². The molecule has 2 aromatic heterocycles. The Bertz CT molecular complexity index is 1000. The summed E-state index contributed by atoms with van der Waals surface area (Å²) >= 11 is 0. The molecule has 13 nitrogen and oxygen atoms in total. The average molecular weight is 460 g/mol. The van der Waals surface area contributed by atoms with Crippen molar-refractivity contribution < 1.29 is 37.4 Å². The maximum atomic E-state index is 15.3. The summed E-state index contributed by atoms with van der Waals surface area (Å²) in [7, 11) is -4.17. The minimum absolute atomic E-state index is 0.111. The van der Waals surface area contributed by atoms with E-state index in [1.165, 1.54) is 21.9 Å². The number of halogens is 1. The van der Waals surface area contributed by atoms with Gasteiger partial charge < -0.3 is 24.8 Å². The van der Waals surface area contributed by atoms with Crippen LogP contribution in [0.5, 0.6) is 0 Å². The van der Waals surface area contributed by atoms with Gasteiger partial charge in [0.25, 0.3) is 0 Å². The van der Waals surface area contributed by atoms with Crippen LogP contribution in [0.2, 0.25) is 0 Å². The fourth-order valence-electron chi connectivity index (χ4n) is 3.50. The Morgan fingerprint density at radius 2 is 2.13 bits per heavy atom. The molecule has 0 aliphatic carbocycles. The van der Waals surface area contributed by atoms with Crippen LogP contribution in [0.1, 0.15) is 13.2 Å². The number of alkyl halides is 1. The molecule has 0 spiro atoms. The Hall–Kier alpha value is -2.22. The normalized spacial score (nSPS) is 29.1. The largest absolute Gasteiger partial charge is 0.456 e. The van der Waals surface area contributed by atoms with Gasteiger partial charge in [0, 0.05) is 20.0 Å². The number of carbonyl (C=O) groups is 1. The molecule has 2 saturated heterocycles. The number of imidazole rings is 1. The van der Waals surface area contributed by atoms with Gasteiger partial charge in [-0.2, -0.15) is 0 Å². The number of hydrogen-bond donors (Lipinski definition) is 2. The fourth-order valence-corrected chi connectivity index (χ4v) is 4.67. The number of rotatable bonds is 6. The van der Waals surface area contributed by atoms with Gasteiger partial charge in [-0.1, -0.05) is 0 Å². The second-order valence-corrected chi connectivity index (χ2v) is 8.82. The van der Waals surface area contributed by atoms with E-state index in [0.29, 0.717) is 0 Å². The van der Waals surface area contributed by atoms with Gasteiger partial charge in [0.15, 0.2) is 30.0 Å². The Balaban J connectivity index is 1.54. The first-order valence-corrected chi connectivity index (χ1v) is 11.0. The first-order valence-electron chi connectivity index (χ1n) is 9.48. The Morgan fingerprint density at radius 1 is 1.39 bits per heavy atom. The number of esters is 1. The molecule has 0 radical (unpaired) electrons. The number of fused-ring (bicyclic) bond motifs is 1. The van der Waals surface area contributed by atoms with E-state index >= 15 is 4.39 Å². The second kappa shape index (κ2) is 8.73. The van der Waals surface area contributed by atoms with Crippen LogP contribution in [0, 0.1) is 0 Å². The van der Waals surface area contributed by atoms with Gasteiger partial charge >= 0.3 is 13.7 Å². The Kier molecular flexibility index (Phi) is 6.19. The van der Waals surface area contributed by atoms with Gasteiger partial charge in [-0.05, 0) is 0 Å². The second-order valence-electron chi connectivity index (χ2n) is 7.02. The molecule has 3 unspecified atom stereocenters. The molecule has 31 heavy (non-hydrogen) atoms. The number of nitrogen functional groups attached to an aromatic ring is 1. The van der Waals surface area contributed by atoms with E-state index in [1.54, 1.807) is 0 Å². The van der Waals surface area contributed by atoms with Crippen LogP contribution in [0.25, 0.3) is 11.2 Å². The standard InChI is InChI=1S/C16H22FN6O7P/c1-9(24)29-13-10(6-28-31(25,26)22-2-4-27-5-3-22)30-16(11(13)17)23-8-21-12-14(18)19-7-20-15(12)23/h7-8,10-11,13,16H,2-6H2,1H3,(H,25,26)(H2,18,19,20)/t10-,11?,13?,16-/m1/s1. The monoisotopic (exact) mass is 460 g/mol. The van der Waals surface area contributed by atoms with Crippen LogP contribution in [0.15, 0.2) is 12.7 Å². The van der Waals surface area contributed by atoms with Crippen LogP contribution < -0.4 is 5.73 Å². The lowest BCUT2D eigenvalue weighted by Crippen LogP contribution is -2.38. The van der Waals surface area contributed by atoms with Crippen molar-refractivity contribution in [3.05, 3.63) is 12.7 Å². The molecule has 2 aliphatic heterocycles. The van der Waals surface area contributed by atoms with Crippen molar-refractivity contribution in [2.45, 2.75) is 31.5 Å². The van der Waals surface area contributed by atoms with Crippen LogP contribution in [-0.2, 0) is 28.1 Å². The van der Waals surface area contributed by atoms with Gasteiger partial charge in [0.05, 0.1) is 26.1 Å². The summed E-state index contributed by atoms with van der Waals surface area (Å²) in [5, 5.41) is 0. The van der Waals surface area contributed by atoms with Crippen molar-refractivity contribution in [1.29, 1.82) is 0 Å². The van der Waals surface area contributed by atoms with Gasteiger partial charge in [0.2, 0.25) is 0 Å². The molecule has 0 saturated carbocycles. The zero-order valence-corrected chi connectivity index (χ0v) is 17.4. The minimum Gasteiger partial charge on any atom is -0.456 e. The zero-order valence-electron chi connectivity index (χ0n) is 16.5. The number of hydrogen-bond acceptors (Lipinski definition) is 10. The zero-order chi connectivity index (χ0) is 22.2. The third kappa shape index (κ3) is 4.40. The Morgan fingerprint density at radius 3 is 2.84 bits per heavy atom. The fraction of sp³-hybridized carbons (Fsp3) is 0.625. The molecular formula is C16H22FN6O7P. The molecule has 4 heterocycles. The number of anilines is 1. The van der Waals surface area contributed by atoms with Gasteiger partial charge in [0.1, 0.15) is 17.9 Å². The molecule has 2 aromatic rings. The molecule has 5 atom stereocenters. The van der Waals surface area contributed by atoms with E-state index in [4.69, 9.17) is 24.5 Å². The van der Waals surface area contributed by atoms with E-state index in [2.05, 4.69) is 15.0 Å². The SMILES string of the molecule is CC(=O)OC1C(F)[C@H](n2cnc3c(N)ncnc32)O[C@@H]1COP(=O)(O)N1CCOCC1.